The molecule has 0 bridgehead atoms. The molecule has 1 heterocycles. The second kappa shape index (κ2) is 3.12. The summed E-state index contributed by atoms with van der Waals surface area (Å²) in [6.07, 6.45) is 7.83. The highest BCUT2D eigenvalue weighted by molar-refractivity contribution is 7.92. The van der Waals surface area contributed by atoms with E-state index >= 15 is 0 Å². The minimum absolute atomic E-state index is 0.452. The van der Waals surface area contributed by atoms with E-state index in [0.29, 0.717) is 25.7 Å². The van der Waals surface area contributed by atoms with Gasteiger partial charge in [-0.25, -0.2) is 8.42 Å². The zero-order chi connectivity index (χ0) is 14.2. The Balaban J connectivity index is 2.38. The second-order valence-corrected chi connectivity index (χ2v) is 7.24. The Morgan fingerprint density at radius 1 is 1.31 bits per heavy atom. The number of sulfone groups is 1. The second-order valence-electron chi connectivity index (χ2n) is 5.41. The molecule has 2 fully saturated rings. The van der Waals surface area contributed by atoms with Gasteiger partial charge in [-0.15, -0.1) is 0 Å². The van der Waals surface area contributed by atoms with Gasteiger partial charge in [0.25, 0.3) is 0 Å². The van der Waals surface area contributed by atoms with Crippen LogP contribution in [0.4, 0.5) is 0 Å². The summed E-state index contributed by atoms with van der Waals surface area (Å²) in [4.78, 5) is 0. The molecule has 0 radical (unpaired) electrons. The average molecular weight is 243 g/mol. The lowest BCUT2D eigenvalue weighted by Crippen LogP contribution is -2.47. The molecule has 3 atom stereocenters. The third-order valence-corrected chi connectivity index (χ3v) is 6.74. The molecule has 16 heavy (non-hydrogen) atoms. The molecule has 3 unspecified atom stereocenters. The van der Waals surface area contributed by atoms with E-state index in [4.69, 9.17) is 4.11 Å². The molecule has 0 aromatic heterocycles. The zero-order valence-corrected chi connectivity index (χ0v) is 10.4. The molecule has 0 aromatic rings. The normalized spacial score (nSPS) is 60.2. The first-order chi connectivity index (χ1) is 8.66. The van der Waals surface area contributed by atoms with Gasteiger partial charge in [0.15, 0.2) is 9.84 Å². The summed E-state index contributed by atoms with van der Waals surface area (Å²) in [5, 5.41) is -1.73. The third kappa shape index (κ3) is 1.10. The summed E-state index contributed by atoms with van der Waals surface area (Å²) < 4.78 is 50.5. The lowest BCUT2D eigenvalue weighted by molar-refractivity contribution is 0.0154. The zero-order valence-electron chi connectivity index (χ0n) is 12.6. The largest absolute Gasteiger partial charge is 0.229 e. The maximum absolute atomic E-state index is 12.7. The summed E-state index contributed by atoms with van der Waals surface area (Å²) in [6.45, 7) is 1.42. The van der Waals surface area contributed by atoms with Gasteiger partial charge in [-0.1, -0.05) is 25.0 Å². The molecule has 0 aromatic carbocycles. The predicted octanol–water partition coefficient (Wildman–Crippen LogP) is 2.70. The quantitative estimate of drug-likeness (QED) is 0.613. The first-order valence-corrected chi connectivity index (χ1v) is 7.54. The molecule has 3 heteroatoms. The molecular formula is C13H20O2S. The third-order valence-electron chi connectivity index (χ3n) is 4.88. The highest BCUT2D eigenvalue weighted by atomic mass is 32.2. The maximum atomic E-state index is 12.7. The first kappa shape index (κ1) is 7.91. The Labute approximate surface area is 102 Å². The van der Waals surface area contributed by atoms with Crippen LogP contribution in [0.15, 0.2) is 12.2 Å². The average Bonchev–Trinajstić information content (AvgIpc) is 2.44. The first-order valence-electron chi connectivity index (χ1n) is 7.56. The number of rotatable bonds is 0. The van der Waals surface area contributed by atoms with Gasteiger partial charge in [0, 0.05) is 4.11 Å². The lowest BCUT2D eigenvalue weighted by Gasteiger charge is -2.51. The van der Waals surface area contributed by atoms with Crippen LogP contribution in [0.5, 0.6) is 0 Å². The SMILES string of the molecule is [2H]C1([2H])C23CC=CCC2(CCCC3)C([2H])(C)S1(=O)=O. The van der Waals surface area contributed by atoms with E-state index in [2.05, 4.69) is 0 Å². The number of hydrogen-bond acceptors (Lipinski definition) is 2. The van der Waals surface area contributed by atoms with E-state index in [-0.39, 0.29) is 0 Å². The smallest absolute Gasteiger partial charge is 0.154 e. The monoisotopic (exact) mass is 243 g/mol. The fourth-order valence-electron chi connectivity index (χ4n) is 3.93. The van der Waals surface area contributed by atoms with Crippen LogP contribution >= 0.6 is 0 Å². The van der Waals surface area contributed by atoms with Crippen molar-refractivity contribution in [3.05, 3.63) is 12.2 Å². The van der Waals surface area contributed by atoms with Gasteiger partial charge in [0.2, 0.25) is 0 Å². The van der Waals surface area contributed by atoms with Gasteiger partial charge in [-0.05, 0) is 43.4 Å². The molecule has 1 saturated heterocycles. The Morgan fingerprint density at radius 3 is 2.75 bits per heavy atom. The molecule has 2 nitrogen and oxygen atoms in total. The summed E-state index contributed by atoms with van der Waals surface area (Å²) in [7, 11) is -4.13. The van der Waals surface area contributed by atoms with Crippen LogP contribution < -0.4 is 0 Å². The molecule has 90 valence electrons. The van der Waals surface area contributed by atoms with Crippen molar-refractivity contribution in [1.82, 2.24) is 0 Å². The van der Waals surface area contributed by atoms with Gasteiger partial charge in [0.05, 0.1) is 10.9 Å². The molecule has 1 aliphatic heterocycles. The van der Waals surface area contributed by atoms with Crippen molar-refractivity contribution in [1.29, 1.82) is 0 Å². The molecule has 0 amide bonds. The summed E-state index contributed by atoms with van der Waals surface area (Å²) >= 11 is 0. The van der Waals surface area contributed by atoms with Crippen molar-refractivity contribution < 1.29 is 12.5 Å². The Hall–Kier alpha value is -0.310. The topological polar surface area (TPSA) is 34.1 Å². The molecule has 3 aliphatic rings. The molecule has 0 spiro atoms. The fraction of sp³-hybridized carbons (Fsp3) is 0.846. The van der Waals surface area contributed by atoms with E-state index < -0.39 is 31.6 Å². The van der Waals surface area contributed by atoms with Crippen molar-refractivity contribution in [2.75, 3.05) is 5.70 Å². The standard InChI is InChI=1S/C13H20O2S/c1-11-13-8-4-2-6-12(13,7-3-5-9-13)10-16(11,14)15/h2,4,11H,3,5-10H2,1H3/i10D2,11D. The number of allylic oxidation sites excluding steroid dienone is 2. The van der Waals surface area contributed by atoms with Crippen LogP contribution in [0.1, 0.15) is 49.6 Å². The van der Waals surface area contributed by atoms with E-state index in [1.165, 1.54) is 6.92 Å². The Morgan fingerprint density at radius 2 is 2.00 bits per heavy atom. The minimum atomic E-state index is -4.13. The van der Waals surface area contributed by atoms with Crippen LogP contribution in [-0.4, -0.2) is 19.3 Å². The van der Waals surface area contributed by atoms with E-state index in [1.54, 1.807) is 0 Å². The van der Waals surface area contributed by atoms with Crippen molar-refractivity contribution in [2.24, 2.45) is 10.8 Å². The predicted molar refractivity (Wildman–Crippen MR) is 65.0 cm³/mol. The van der Waals surface area contributed by atoms with Crippen LogP contribution in [0.3, 0.4) is 0 Å². The minimum Gasteiger partial charge on any atom is -0.229 e. The highest BCUT2D eigenvalue weighted by Crippen LogP contribution is 2.65. The molecular weight excluding hydrogens is 220 g/mol. The van der Waals surface area contributed by atoms with Crippen molar-refractivity contribution in [2.45, 2.75) is 50.7 Å². The van der Waals surface area contributed by atoms with Gasteiger partial charge in [0.1, 0.15) is 0 Å². The fourth-order valence-corrected chi connectivity index (χ4v) is 5.88. The van der Waals surface area contributed by atoms with Gasteiger partial charge < -0.3 is 0 Å². The molecule has 0 N–H and O–H groups in total. The molecule has 2 aliphatic carbocycles. The van der Waals surface area contributed by atoms with Crippen LogP contribution in [0, 0.1) is 10.8 Å². The number of hydrogen-bond donors (Lipinski definition) is 0. The summed E-state index contributed by atoms with van der Waals surface area (Å²) in [5.74, 6) is 0. The van der Waals surface area contributed by atoms with Crippen LogP contribution in [0.2, 0.25) is 0 Å². The van der Waals surface area contributed by atoms with E-state index in [1.807, 2.05) is 12.2 Å². The molecule has 3 rings (SSSR count). The lowest BCUT2D eigenvalue weighted by atomic mass is 9.51. The van der Waals surface area contributed by atoms with E-state index in [0.717, 1.165) is 12.8 Å². The van der Waals surface area contributed by atoms with Gasteiger partial charge >= 0.3 is 0 Å². The van der Waals surface area contributed by atoms with Crippen molar-refractivity contribution >= 4 is 9.84 Å². The Bertz CT molecular complexity index is 510. The summed E-state index contributed by atoms with van der Waals surface area (Å²) in [5.41, 5.74) is -3.95. The maximum Gasteiger partial charge on any atom is 0.154 e. The van der Waals surface area contributed by atoms with Crippen LogP contribution in [0.25, 0.3) is 0 Å². The summed E-state index contributed by atoms with van der Waals surface area (Å²) in [6, 6.07) is 0. The Kier molecular flexibility index (Phi) is 1.54. The highest BCUT2D eigenvalue weighted by Gasteiger charge is 2.64. The molecule has 1 saturated carbocycles. The van der Waals surface area contributed by atoms with Gasteiger partial charge in [-0.3, -0.25) is 0 Å². The van der Waals surface area contributed by atoms with Gasteiger partial charge in [-0.2, -0.15) is 0 Å². The van der Waals surface area contributed by atoms with Crippen molar-refractivity contribution in [3.63, 3.8) is 0 Å². The van der Waals surface area contributed by atoms with Crippen LogP contribution in [-0.2, 0) is 9.84 Å². The van der Waals surface area contributed by atoms with Crippen molar-refractivity contribution in [3.8, 4) is 0 Å². The van der Waals surface area contributed by atoms with E-state index in [9.17, 15) is 8.42 Å².